The van der Waals surface area contributed by atoms with Crippen LogP contribution >= 0.6 is 11.6 Å². The van der Waals surface area contributed by atoms with E-state index >= 15 is 0 Å². The van der Waals surface area contributed by atoms with Gasteiger partial charge in [0.15, 0.2) is 15.7 Å². The number of nitrogens with zero attached hydrogens (tertiary/aromatic N) is 4. The second-order valence-electron chi connectivity index (χ2n) is 4.87. The van der Waals surface area contributed by atoms with Crippen LogP contribution < -0.4 is 0 Å². The van der Waals surface area contributed by atoms with Crippen molar-refractivity contribution in [3.05, 3.63) is 40.2 Å². The van der Waals surface area contributed by atoms with Gasteiger partial charge in [-0.25, -0.2) is 13.1 Å². The van der Waals surface area contributed by atoms with Crippen molar-refractivity contribution in [2.24, 2.45) is 7.05 Å². The molecule has 2 aromatic rings. The second kappa shape index (κ2) is 6.44. The zero-order valence-corrected chi connectivity index (χ0v) is 13.5. The Morgan fingerprint density at radius 3 is 2.57 bits per heavy atom. The number of hydrogen-bond donors (Lipinski definition) is 0. The minimum absolute atomic E-state index is 0.0258. The molecule has 23 heavy (non-hydrogen) atoms. The highest BCUT2D eigenvalue weighted by Gasteiger charge is 2.33. The number of hydrogen-bond acceptors (Lipinski definition) is 5. The Morgan fingerprint density at radius 1 is 1.30 bits per heavy atom. The maximum atomic E-state index is 12.8. The molecule has 0 spiro atoms. The lowest BCUT2D eigenvalue weighted by Gasteiger charge is -2.11. The van der Waals surface area contributed by atoms with Crippen LogP contribution in [0.2, 0.25) is 5.02 Å². The molecule has 0 atom stereocenters. The quantitative estimate of drug-likeness (QED) is 0.807. The fraction of sp³-hybridized carbons (Fsp3) is 0.417. The van der Waals surface area contributed by atoms with E-state index in [0.29, 0.717) is 5.82 Å². The fourth-order valence-electron chi connectivity index (χ4n) is 1.91. The van der Waals surface area contributed by atoms with Gasteiger partial charge in [0.2, 0.25) is 0 Å². The molecule has 0 saturated heterocycles. The van der Waals surface area contributed by atoms with Crippen LogP contribution in [0.25, 0.3) is 0 Å². The number of benzene rings is 1. The summed E-state index contributed by atoms with van der Waals surface area (Å²) in [6.45, 7) is 0. The minimum atomic E-state index is -4.64. The summed E-state index contributed by atoms with van der Waals surface area (Å²) >= 11 is 5.50. The normalized spacial score (nSPS) is 12.6. The van der Waals surface area contributed by atoms with E-state index in [9.17, 15) is 21.6 Å². The Labute approximate surface area is 135 Å². The zero-order chi connectivity index (χ0) is 17.3. The van der Waals surface area contributed by atoms with Gasteiger partial charge in [-0.1, -0.05) is 17.7 Å². The van der Waals surface area contributed by atoms with Crippen LogP contribution in [-0.4, -0.2) is 34.4 Å². The first-order valence-electron chi connectivity index (χ1n) is 6.36. The molecule has 0 aliphatic carbocycles. The topological polar surface area (TPSA) is 77.7 Å². The average Bonchev–Trinajstić information content (AvgIpc) is 2.83. The summed E-state index contributed by atoms with van der Waals surface area (Å²) in [5.74, 6) is -0.412. The van der Waals surface area contributed by atoms with E-state index in [2.05, 4.69) is 15.5 Å². The Morgan fingerprint density at radius 2 is 2.00 bits per heavy atom. The van der Waals surface area contributed by atoms with Gasteiger partial charge in [0, 0.05) is 13.5 Å². The summed E-state index contributed by atoms with van der Waals surface area (Å²) in [5, 5.41) is 10.1. The van der Waals surface area contributed by atoms with Gasteiger partial charge in [-0.15, -0.1) is 5.10 Å². The highest BCUT2D eigenvalue weighted by atomic mass is 35.5. The summed E-state index contributed by atoms with van der Waals surface area (Å²) in [6.07, 6.45) is -4.56. The number of sulfone groups is 1. The maximum absolute atomic E-state index is 12.8. The lowest BCUT2D eigenvalue weighted by molar-refractivity contribution is -0.137. The number of halogens is 4. The number of aromatic nitrogens is 4. The van der Waals surface area contributed by atoms with Crippen molar-refractivity contribution in [1.82, 2.24) is 20.2 Å². The Balaban J connectivity index is 2.13. The molecule has 2 rings (SSSR count). The highest BCUT2D eigenvalue weighted by Crippen LogP contribution is 2.35. The number of tetrazole rings is 1. The first-order valence-corrected chi connectivity index (χ1v) is 8.56. The molecule has 0 unspecified atom stereocenters. The molecule has 1 heterocycles. The summed E-state index contributed by atoms with van der Waals surface area (Å²) in [7, 11) is -2.06. The van der Waals surface area contributed by atoms with Crippen molar-refractivity contribution in [2.45, 2.75) is 18.3 Å². The van der Waals surface area contributed by atoms with Gasteiger partial charge in [-0.05, 0) is 28.1 Å². The molecule has 0 amide bonds. The van der Waals surface area contributed by atoms with Crippen LogP contribution in [0.15, 0.2) is 18.2 Å². The SMILES string of the molecule is Cn1nnnc1CCS(=O)(=O)Cc1ccc(Cl)c(C(F)(F)F)c1. The van der Waals surface area contributed by atoms with Crippen molar-refractivity contribution >= 4 is 21.4 Å². The molecule has 6 nitrogen and oxygen atoms in total. The molecule has 0 fully saturated rings. The molecule has 0 saturated carbocycles. The largest absolute Gasteiger partial charge is 0.417 e. The number of aryl methyl sites for hydroxylation is 2. The number of alkyl halides is 3. The molecule has 0 aliphatic rings. The first-order chi connectivity index (χ1) is 10.6. The van der Waals surface area contributed by atoms with E-state index in [0.717, 1.165) is 12.1 Å². The molecule has 0 N–H and O–H groups in total. The molecule has 0 bridgehead atoms. The fourth-order valence-corrected chi connectivity index (χ4v) is 3.46. The van der Waals surface area contributed by atoms with Crippen LogP contribution in [0.3, 0.4) is 0 Å². The van der Waals surface area contributed by atoms with Crippen molar-refractivity contribution in [2.75, 3.05) is 5.75 Å². The minimum Gasteiger partial charge on any atom is -0.233 e. The van der Waals surface area contributed by atoms with Gasteiger partial charge in [0.25, 0.3) is 0 Å². The van der Waals surface area contributed by atoms with E-state index in [4.69, 9.17) is 11.6 Å². The Kier molecular flexibility index (Phi) is 4.95. The van der Waals surface area contributed by atoms with E-state index < -0.39 is 32.4 Å². The molecule has 1 aromatic carbocycles. The standard InChI is InChI=1S/C12H12ClF3N4O2S/c1-20-11(17-18-19-20)4-5-23(21,22)7-8-2-3-10(13)9(6-8)12(14,15)16/h2-3,6H,4-5,7H2,1H3. The molecular formula is C12H12ClF3N4O2S. The van der Waals surface area contributed by atoms with Gasteiger partial charge in [0.05, 0.1) is 22.1 Å². The second-order valence-corrected chi connectivity index (χ2v) is 7.46. The summed E-state index contributed by atoms with van der Waals surface area (Å²) in [4.78, 5) is 0. The van der Waals surface area contributed by atoms with Crippen LogP contribution in [0.4, 0.5) is 13.2 Å². The summed E-state index contributed by atoms with van der Waals surface area (Å²) in [5.41, 5.74) is -1.03. The molecule has 0 aliphatic heterocycles. The zero-order valence-electron chi connectivity index (χ0n) is 11.9. The van der Waals surface area contributed by atoms with Gasteiger partial charge >= 0.3 is 6.18 Å². The van der Waals surface area contributed by atoms with Crippen molar-refractivity contribution < 1.29 is 21.6 Å². The lowest BCUT2D eigenvalue weighted by atomic mass is 10.1. The molecule has 11 heteroatoms. The summed E-state index contributed by atoms with van der Waals surface area (Å²) in [6, 6.07) is 3.06. The monoisotopic (exact) mass is 368 g/mol. The van der Waals surface area contributed by atoms with E-state index in [1.165, 1.54) is 10.7 Å². The Bertz CT molecular complexity index is 805. The van der Waals surface area contributed by atoms with Crippen LogP contribution in [0.1, 0.15) is 17.0 Å². The third kappa shape index (κ3) is 4.64. The maximum Gasteiger partial charge on any atom is 0.417 e. The predicted molar refractivity (Wildman–Crippen MR) is 76.4 cm³/mol. The average molecular weight is 369 g/mol. The van der Waals surface area contributed by atoms with Crippen molar-refractivity contribution in [1.29, 1.82) is 0 Å². The first kappa shape index (κ1) is 17.7. The third-order valence-electron chi connectivity index (χ3n) is 3.07. The smallest absolute Gasteiger partial charge is 0.233 e. The van der Waals surface area contributed by atoms with Crippen molar-refractivity contribution in [3.8, 4) is 0 Å². The van der Waals surface area contributed by atoms with Gasteiger partial charge in [-0.3, -0.25) is 0 Å². The van der Waals surface area contributed by atoms with E-state index in [-0.39, 0.29) is 17.7 Å². The molecule has 126 valence electrons. The van der Waals surface area contributed by atoms with Crippen LogP contribution in [-0.2, 0) is 35.2 Å². The molecule has 0 radical (unpaired) electrons. The van der Waals surface area contributed by atoms with Gasteiger partial charge < -0.3 is 0 Å². The number of rotatable bonds is 5. The van der Waals surface area contributed by atoms with Gasteiger partial charge in [-0.2, -0.15) is 13.2 Å². The molecular weight excluding hydrogens is 357 g/mol. The third-order valence-corrected chi connectivity index (χ3v) is 5.00. The highest BCUT2D eigenvalue weighted by molar-refractivity contribution is 7.90. The van der Waals surface area contributed by atoms with E-state index in [1.54, 1.807) is 7.05 Å². The Hall–Kier alpha value is -1.68. The van der Waals surface area contributed by atoms with Crippen LogP contribution in [0.5, 0.6) is 0 Å². The van der Waals surface area contributed by atoms with E-state index in [1.807, 2.05) is 0 Å². The lowest BCUT2D eigenvalue weighted by Crippen LogP contribution is -2.14. The molecule has 1 aromatic heterocycles. The predicted octanol–water partition coefficient (Wildman–Crippen LogP) is 2.04. The van der Waals surface area contributed by atoms with Crippen LogP contribution in [0, 0.1) is 0 Å². The van der Waals surface area contributed by atoms with Crippen molar-refractivity contribution in [3.63, 3.8) is 0 Å². The van der Waals surface area contributed by atoms with Gasteiger partial charge in [0.1, 0.15) is 0 Å². The summed E-state index contributed by atoms with van der Waals surface area (Å²) < 4.78 is 63.8.